The van der Waals surface area contributed by atoms with Gasteiger partial charge < -0.3 is 29.2 Å². The van der Waals surface area contributed by atoms with Gasteiger partial charge in [-0.2, -0.15) is 0 Å². The van der Waals surface area contributed by atoms with E-state index in [2.05, 4.69) is 25.9 Å². The highest BCUT2D eigenvalue weighted by molar-refractivity contribution is 7.13. The number of anilines is 1. The number of hydrazone groups is 1. The number of aromatic nitrogens is 5. The van der Waals surface area contributed by atoms with E-state index in [9.17, 15) is 9.59 Å². The van der Waals surface area contributed by atoms with E-state index in [1.807, 2.05) is 40.7 Å². The summed E-state index contributed by atoms with van der Waals surface area (Å²) in [6.45, 7) is 2.50. The third-order valence-electron chi connectivity index (χ3n) is 8.31. The second kappa shape index (κ2) is 13.5. The Balaban J connectivity index is 1.09. The molecule has 5 aromatic heterocycles. The highest BCUT2D eigenvalue weighted by Crippen LogP contribution is 2.26. The number of allylic oxidation sites excluding steroid dienone is 1. The summed E-state index contributed by atoms with van der Waals surface area (Å²) >= 11 is 1.49. The van der Waals surface area contributed by atoms with Gasteiger partial charge in [0.15, 0.2) is 22.9 Å². The van der Waals surface area contributed by atoms with Gasteiger partial charge in [0, 0.05) is 49.3 Å². The Bertz CT molecular complexity index is 2070. The fourth-order valence-electron chi connectivity index (χ4n) is 5.75. The van der Waals surface area contributed by atoms with Crippen molar-refractivity contribution in [3.8, 4) is 22.1 Å². The van der Waals surface area contributed by atoms with Gasteiger partial charge in [-0.3, -0.25) is 14.6 Å². The first-order valence-corrected chi connectivity index (χ1v) is 16.7. The molecule has 2 unspecified atom stereocenters. The van der Waals surface area contributed by atoms with Crippen LogP contribution in [0, 0.1) is 5.92 Å². The van der Waals surface area contributed by atoms with Crippen molar-refractivity contribution in [2.24, 2.45) is 11.0 Å². The van der Waals surface area contributed by atoms with Crippen molar-refractivity contribution < 1.29 is 37.5 Å². The minimum Gasteiger partial charge on any atom is -0.381 e. The summed E-state index contributed by atoms with van der Waals surface area (Å²) in [7, 11) is 0. The Morgan fingerprint density at radius 2 is 1.80 bits per heavy atom. The van der Waals surface area contributed by atoms with Crippen molar-refractivity contribution in [3.63, 3.8) is 0 Å². The van der Waals surface area contributed by atoms with Gasteiger partial charge in [-0.25, -0.2) is 4.68 Å². The Labute approximate surface area is 283 Å². The maximum atomic E-state index is 13.5. The van der Waals surface area contributed by atoms with Crippen molar-refractivity contribution >= 4 is 40.9 Å². The zero-order valence-electron chi connectivity index (χ0n) is 26.1. The zero-order chi connectivity index (χ0) is 33.2. The number of rotatable bonds is 9. The first-order valence-electron chi connectivity index (χ1n) is 15.8. The molecular weight excluding hydrogens is 650 g/mol. The summed E-state index contributed by atoms with van der Waals surface area (Å²) in [6.07, 6.45) is 11.4. The van der Waals surface area contributed by atoms with Gasteiger partial charge in [-0.05, 0) is 42.3 Å². The first kappa shape index (κ1) is 30.7. The molecule has 0 bridgehead atoms. The summed E-state index contributed by atoms with van der Waals surface area (Å²) in [4.78, 5) is 32.0. The van der Waals surface area contributed by atoms with Gasteiger partial charge in [0.1, 0.15) is 17.6 Å². The van der Waals surface area contributed by atoms with E-state index in [4.69, 9.17) is 23.6 Å². The molecule has 0 aromatic carbocycles. The number of hydrogen-bond donors (Lipinski definition) is 2. The van der Waals surface area contributed by atoms with Crippen LogP contribution in [-0.2, 0) is 9.47 Å². The largest absolute Gasteiger partial charge is 0.450 e. The lowest BCUT2D eigenvalue weighted by Gasteiger charge is -2.10. The van der Waals surface area contributed by atoms with E-state index in [1.165, 1.54) is 11.3 Å². The Morgan fingerprint density at radius 1 is 0.980 bits per heavy atom. The summed E-state index contributed by atoms with van der Waals surface area (Å²) in [5, 5.41) is 20.7. The van der Waals surface area contributed by atoms with Crippen LogP contribution in [0.1, 0.15) is 46.3 Å². The topological polar surface area (TPSA) is 166 Å². The molecule has 16 heteroatoms. The Kier molecular flexibility index (Phi) is 8.47. The molecule has 2 saturated heterocycles. The van der Waals surface area contributed by atoms with Crippen molar-refractivity contribution in [2.45, 2.75) is 25.3 Å². The smallest absolute Gasteiger partial charge is 0.381 e. The molecule has 248 valence electrons. The molecule has 2 N–H and O–H groups in total. The van der Waals surface area contributed by atoms with Gasteiger partial charge in [0.05, 0.1) is 23.7 Å². The predicted octanol–water partition coefficient (Wildman–Crippen LogP) is 3.71. The lowest BCUT2D eigenvalue weighted by molar-refractivity contribution is -0.655. The second-order valence-electron chi connectivity index (χ2n) is 11.7. The van der Waals surface area contributed by atoms with Crippen LogP contribution in [0.5, 0.6) is 0 Å². The molecule has 2 amide bonds. The van der Waals surface area contributed by atoms with E-state index in [-0.39, 0.29) is 17.4 Å². The zero-order valence-corrected chi connectivity index (χ0v) is 26.9. The number of nitrogens with zero attached hydrogens (tertiary/aromatic N) is 7. The molecule has 0 aliphatic carbocycles. The maximum Gasteiger partial charge on any atom is 0.450 e. The number of nitrogens with one attached hydrogen (secondary N) is 2. The molecule has 0 spiro atoms. The van der Waals surface area contributed by atoms with E-state index in [0.717, 1.165) is 30.7 Å². The fourth-order valence-corrected chi connectivity index (χ4v) is 6.43. The summed E-state index contributed by atoms with van der Waals surface area (Å²) < 4.78 is 27.5. The first-order chi connectivity index (χ1) is 24.1. The molecule has 5 aromatic rings. The molecule has 8 heterocycles. The number of hydrogen-bond acceptors (Lipinski definition) is 11. The van der Waals surface area contributed by atoms with E-state index in [0.29, 0.717) is 60.2 Å². The van der Waals surface area contributed by atoms with Gasteiger partial charge >= 0.3 is 5.84 Å². The predicted molar refractivity (Wildman–Crippen MR) is 175 cm³/mol. The minimum absolute atomic E-state index is 0.0482. The molecule has 0 radical (unpaired) electrons. The standard InChI is InChI=1S/C33H29N9O6S/c43-32(26-15-29(48-39-26)30-5-3-13-49-30)35-22-16-41(23-8-12-46-20-23)42(17-22)31-27(18-40(37-31)10-6-21-7-11-45-19-21)36-33(44)25-14-28(47-38-25)24-4-1-2-9-34-24/h1-5,9-10,13-18,21,23H,6-8,11-12,19-20H2/p+2. The monoisotopic (exact) mass is 681 g/mol. The van der Waals surface area contributed by atoms with Crippen LogP contribution in [0.15, 0.2) is 92.5 Å². The number of pyridine rings is 1. The number of thiophene rings is 1. The lowest BCUT2D eigenvalue weighted by atomic mass is 10.1. The van der Waals surface area contributed by atoms with Gasteiger partial charge in [-0.15, -0.1) is 16.0 Å². The van der Waals surface area contributed by atoms with Crippen LogP contribution in [0.25, 0.3) is 22.1 Å². The number of amides is 2. The molecule has 15 nitrogen and oxygen atoms in total. The van der Waals surface area contributed by atoms with Crippen molar-refractivity contribution in [1.82, 2.24) is 25.3 Å². The average molecular weight is 682 g/mol. The quantitative estimate of drug-likeness (QED) is 0.221. The lowest BCUT2D eigenvalue weighted by Crippen LogP contribution is -2.53. The van der Waals surface area contributed by atoms with Crippen LogP contribution in [0.2, 0.25) is 0 Å². The Morgan fingerprint density at radius 3 is 2.55 bits per heavy atom. The third kappa shape index (κ3) is 6.61. The second-order valence-corrected chi connectivity index (χ2v) is 12.7. The van der Waals surface area contributed by atoms with Gasteiger partial charge in [0.2, 0.25) is 17.0 Å². The van der Waals surface area contributed by atoms with Gasteiger partial charge in [-0.1, -0.05) is 22.4 Å². The number of carbonyl (C=O) groups is 2. The molecule has 2 fully saturated rings. The molecule has 2 atom stereocenters. The molecule has 8 rings (SSSR count). The highest BCUT2D eigenvalue weighted by atomic mass is 32.1. The number of carbonyl (C=O) groups excluding carboxylic acids is 2. The van der Waals surface area contributed by atoms with E-state index in [1.54, 1.807) is 52.2 Å². The van der Waals surface area contributed by atoms with Crippen molar-refractivity contribution in [2.75, 3.05) is 31.7 Å². The SMILES string of the molecule is O=C(NC1=C[N+](=CCC2CCOC2)N=C1[n+]1cc(NC(=O)c2cc(-c3cccs3)on2)cn1C1CCOC1)c1cc(-c2ccccn2)on1. The van der Waals surface area contributed by atoms with Crippen LogP contribution < -0.4 is 15.3 Å². The molecule has 0 saturated carbocycles. The van der Waals surface area contributed by atoms with Gasteiger partial charge in [0.25, 0.3) is 18.0 Å². The summed E-state index contributed by atoms with van der Waals surface area (Å²) in [6, 6.07) is 12.3. The fraction of sp³-hybridized carbons (Fsp3) is 0.273. The van der Waals surface area contributed by atoms with Crippen molar-refractivity contribution in [1.29, 1.82) is 0 Å². The van der Waals surface area contributed by atoms with Crippen LogP contribution in [-0.4, -0.2) is 75.0 Å². The van der Waals surface area contributed by atoms with Crippen molar-refractivity contribution in [3.05, 3.63) is 89.7 Å². The minimum atomic E-state index is -0.486. The number of ether oxygens (including phenoxy) is 2. The third-order valence-corrected chi connectivity index (χ3v) is 9.20. The van der Waals surface area contributed by atoms with E-state index >= 15 is 0 Å². The normalized spacial score (nSPS) is 19.7. The van der Waals surface area contributed by atoms with Crippen LogP contribution in [0.3, 0.4) is 0 Å². The average Bonchev–Trinajstić information content (AvgIpc) is 3.97. The highest BCUT2D eigenvalue weighted by Gasteiger charge is 2.40. The molecule has 3 aliphatic heterocycles. The van der Waals surface area contributed by atoms with E-state index < -0.39 is 11.8 Å². The molecular formula is C33H31N9O6S+2. The molecule has 3 aliphatic rings. The summed E-state index contributed by atoms with van der Waals surface area (Å²) in [5.74, 6) is 0.778. The maximum absolute atomic E-state index is 13.5. The summed E-state index contributed by atoms with van der Waals surface area (Å²) in [5.41, 5.74) is 1.70. The Hall–Kier alpha value is -5.58. The van der Waals surface area contributed by atoms with Crippen LogP contribution in [0.4, 0.5) is 5.69 Å². The molecule has 49 heavy (non-hydrogen) atoms. The van der Waals surface area contributed by atoms with Crippen LogP contribution >= 0.6 is 11.3 Å².